The number of ether oxygens (including phenoxy) is 1. The highest BCUT2D eigenvalue weighted by molar-refractivity contribution is 6.04. The minimum Gasteiger partial charge on any atom is -0.397 e. The first kappa shape index (κ1) is 13.1. The van der Waals surface area contributed by atoms with E-state index < -0.39 is 0 Å². The average Bonchev–Trinajstić information content (AvgIpc) is 2.83. The third-order valence-electron chi connectivity index (χ3n) is 2.62. The number of amides is 1. The van der Waals surface area contributed by atoms with Gasteiger partial charge in [0.2, 0.25) is 0 Å². The van der Waals surface area contributed by atoms with E-state index in [1.807, 2.05) is 19.1 Å². The van der Waals surface area contributed by atoms with Crippen molar-refractivity contribution in [3.05, 3.63) is 41.3 Å². The van der Waals surface area contributed by atoms with Gasteiger partial charge in [0, 0.05) is 13.2 Å². The van der Waals surface area contributed by atoms with E-state index in [9.17, 15) is 4.79 Å². The molecule has 1 amide bonds. The van der Waals surface area contributed by atoms with Crippen molar-refractivity contribution < 1.29 is 14.1 Å². The zero-order valence-corrected chi connectivity index (χ0v) is 10.8. The summed E-state index contributed by atoms with van der Waals surface area (Å²) in [5.41, 5.74) is 7.99. The summed E-state index contributed by atoms with van der Waals surface area (Å²) in [4.78, 5) is 12.0. The van der Waals surface area contributed by atoms with E-state index in [0.29, 0.717) is 17.1 Å². The van der Waals surface area contributed by atoms with Crippen molar-refractivity contribution in [3.63, 3.8) is 0 Å². The Morgan fingerprint density at radius 1 is 1.53 bits per heavy atom. The van der Waals surface area contributed by atoms with Crippen LogP contribution in [0.4, 0.5) is 11.4 Å². The molecule has 0 bridgehead atoms. The molecule has 0 aliphatic carbocycles. The summed E-state index contributed by atoms with van der Waals surface area (Å²) in [7, 11) is 1.54. The Morgan fingerprint density at radius 3 is 3.00 bits per heavy atom. The van der Waals surface area contributed by atoms with E-state index in [4.69, 9.17) is 15.0 Å². The van der Waals surface area contributed by atoms with Crippen LogP contribution in [0.2, 0.25) is 0 Å². The predicted molar refractivity (Wildman–Crippen MR) is 70.8 cm³/mol. The van der Waals surface area contributed by atoms with Gasteiger partial charge in [-0.1, -0.05) is 17.3 Å². The van der Waals surface area contributed by atoms with Gasteiger partial charge in [0.15, 0.2) is 11.5 Å². The number of para-hydroxylation sites is 1. The monoisotopic (exact) mass is 261 g/mol. The first-order valence-electron chi connectivity index (χ1n) is 5.72. The van der Waals surface area contributed by atoms with Crippen molar-refractivity contribution in [3.8, 4) is 0 Å². The normalized spacial score (nSPS) is 10.4. The van der Waals surface area contributed by atoms with Gasteiger partial charge in [0.25, 0.3) is 5.91 Å². The molecule has 0 unspecified atom stereocenters. The van der Waals surface area contributed by atoms with Gasteiger partial charge < -0.3 is 20.3 Å². The molecular weight excluding hydrogens is 246 g/mol. The minimum absolute atomic E-state index is 0.190. The van der Waals surface area contributed by atoms with Crippen LogP contribution >= 0.6 is 0 Å². The Bertz CT molecular complexity index is 572. The van der Waals surface area contributed by atoms with Gasteiger partial charge in [-0.15, -0.1) is 0 Å². The summed E-state index contributed by atoms with van der Waals surface area (Å²) >= 11 is 0. The van der Waals surface area contributed by atoms with Crippen molar-refractivity contribution in [1.82, 2.24) is 5.16 Å². The lowest BCUT2D eigenvalue weighted by Gasteiger charge is -2.09. The number of benzene rings is 1. The number of anilines is 2. The third-order valence-corrected chi connectivity index (χ3v) is 2.62. The Labute approximate surface area is 110 Å². The van der Waals surface area contributed by atoms with E-state index in [0.717, 1.165) is 5.56 Å². The van der Waals surface area contributed by atoms with Crippen LogP contribution in [0.25, 0.3) is 0 Å². The number of aromatic nitrogens is 1. The summed E-state index contributed by atoms with van der Waals surface area (Å²) in [5, 5.41) is 6.41. The molecule has 1 aromatic heterocycles. The molecule has 19 heavy (non-hydrogen) atoms. The van der Waals surface area contributed by atoms with Crippen LogP contribution in [-0.2, 0) is 11.3 Å². The largest absolute Gasteiger partial charge is 0.397 e. The molecule has 0 spiro atoms. The number of carbonyl (C=O) groups is 1. The van der Waals surface area contributed by atoms with Crippen molar-refractivity contribution in [1.29, 1.82) is 0 Å². The van der Waals surface area contributed by atoms with E-state index in [2.05, 4.69) is 10.5 Å². The highest BCUT2D eigenvalue weighted by Crippen LogP contribution is 2.23. The van der Waals surface area contributed by atoms with Crippen LogP contribution in [0.5, 0.6) is 0 Å². The molecule has 0 saturated carbocycles. The quantitative estimate of drug-likeness (QED) is 0.821. The molecule has 2 aromatic rings. The molecule has 0 saturated heterocycles. The highest BCUT2D eigenvalue weighted by Gasteiger charge is 2.14. The number of carbonyl (C=O) groups excluding carboxylic acids is 1. The van der Waals surface area contributed by atoms with Gasteiger partial charge >= 0.3 is 0 Å². The molecule has 0 atom stereocenters. The van der Waals surface area contributed by atoms with Crippen LogP contribution < -0.4 is 11.1 Å². The van der Waals surface area contributed by atoms with Crippen LogP contribution in [0.1, 0.15) is 21.8 Å². The number of aryl methyl sites for hydroxylation is 1. The fourth-order valence-corrected chi connectivity index (χ4v) is 1.67. The van der Waals surface area contributed by atoms with E-state index in [1.165, 1.54) is 13.2 Å². The second kappa shape index (κ2) is 5.53. The summed E-state index contributed by atoms with van der Waals surface area (Å²) in [6.07, 6.45) is 0. The molecule has 6 heteroatoms. The Morgan fingerprint density at radius 2 is 2.32 bits per heavy atom. The van der Waals surface area contributed by atoms with Crippen molar-refractivity contribution in [2.75, 3.05) is 18.2 Å². The van der Waals surface area contributed by atoms with Crippen LogP contribution in [0, 0.1) is 6.92 Å². The topological polar surface area (TPSA) is 90.4 Å². The van der Waals surface area contributed by atoms with Gasteiger partial charge in [0.05, 0.1) is 11.4 Å². The number of nitrogens with one attached hydrogen (secondary N) is 1. The van der Waals surface area contributed by atoms with E-state index in [1.54, 1.807) is 6.07 Å². The number of nitrogen functional groups attached to an aromatic ring is 1. The van der Waals surface area contributed by atoms with Crippen molar-refractivity contribution in [2.45, 2.75) is 13.5 Å². The van der Waals surface area contributed by atoms with Gasteiger partial charge in [-0.3, -0.25) is 4.79 Å². The summed E-state index contributed by atoms with van der Waals surface area (Å²) in [6.45, 7) is 2.14. The van der Waals surface area contributed by atoms with E-state index in [-0.39, 0.29) is 18.2 Å². The summed E-state index contributed by atoms with van der Waals surface area (Å²) in [5.74, 6) is 0.123. The minimum atomic E-state index is -0.368. The maximum atomic E-state index is 12.0. The third kappa shape index (κ3) is 2.92. The Hall–Kier alpha value is -2.34. The molecule has 0 aliphatic rings. The fourth-order valence-electron chi connectivity index (χ4n) is 1.67. The molecule has 1 aromatic carbocycles. The molecule has 0 aliphatic heterocycles. The lowest BCUT2D eigenvalue weighted by Crippen LogP contribution is -2.14. The molecule has 2 rings (SSSR count). The summed E-state index contributed by atoms with van der Waals surface area (Å²) in [6, 6.07) is 6.95. The lowest BCUT2D eigenvalue weighted by molar-refractivity contribution is 0.101. The number of nitrogens with zero attached hydrogens (tertiary/aromatic N) is 1. The lowest BCUT2D eigenvalue weighted by atomic mass is 10.1. The molecule has 6 nitrogen and oxygen atoms in total. The number of hydrogen-bond acceptors (Lipinski definition) is 5. The van der Waals surface area contributed by atoms with Crippen LogP contribution in [0.3, 0.4) is 0 Å². The molecule has 0 radical (unpaired) electrons. The first-order valence-corrected chi connectivity index (χ1v) is 5.72. The summed E-state index contributed by atoms with van der Waals surface area (Å²) < 4.78 is 9.85. The number of methoxy groups -OCH3 is 1. The smallest absolute Gasteiger partial charge is 0.277 e. The van der Waals surface area contributed by atoms with Crippen LogP contribution in [-0.4, -0.2) is 18.2 Å². The number of nitrogens with two attached hydrogens (primary N) is 1. The van der Waals surface area contributed by atoms with E-state index >= 15 is 0 Å². The highest BCUT2D eigenvalue weighted by atomic mass is 16.5. The molecule has 3 N–H and O–H groups in total. The zero-order chi connectivity index (χ0) is 13.8. The van der Waals surface area contributed by atoms with Gasteiger partial charge in [-0.2, -0.15) is 0 Å². The van der Waals surface area contributed by atoms with Gasteiger partial charge in [-0.25, -0.2) is 0 Å². The SMILES string of the molecule is COCc1cc(C(=O)Nc2c(C)cccc2N)no1. The van der Waals surface area contributed by atoms with Gasteiger partial charge in [0.1, 0.15) is 6.61 Å². The number of hydrogen-bond donors (Lipinski definition) is 2. The van der Waals surface area contributed by atoms with Crippen LogP contribution in [0.15, 0.2) is 28.8 Å². The second-order valence-electron chi connectivity index (χ2n) is 4.10. The zero-order valence-electron chi connectivity index (χ0n) is 10.8. The second-order valence-corrected chi connectivity index (χ2v) is 4.10. The fraction of sp³-hybridized carbons (Fsp3) is 0.231. The number of rotatable bonds is 4. The predicted octanol–water partition coefficient (Wildman–Crippen LogP) is 1.96. The van der Waals surface area contributed by atoms with Crippen molar-refractivity contribution >= 4 is 17.3 Å². The standard InChI is InChI=1S/C13H15N3O3/c1-8-4-3-5-10(14)12(8)15-13(17)11-6-9(7-18-2)19-16-11/h3-6H,7,14H2,1-2H3,(H,15,17). The Balaban J connectivity index is 2.16. The molecule has 100 valence electrons. The molecule has 1 heterocycles. The maximum Gasteiger partial charge on any atom is 0.277 e. The molecule has 0 fully saturated rings. The molecular formula is C13H15N3O3. The first-order chi connectivity index (χ1) is 9.11. The average molecular weight is 261 g/mol. The van der Waals surface area contributed by atoms with Gasteiger partial charge in [-0.05, 0) is 18.6 Å². The van der Waals surface area contributed by atoms with Crippen molar-refractivity contribution in [2.24, 2.45) is 0 Å². The maximum absolute atomic E-state index is 12.0. The Kier molecular flexibility index (Phi) is 3.82.